The van der Waals surface area contributed by atoms with Crippen LogP contribution in [0.2, 0.25) is 0 Å². The molecule has 78 valence electrons. The van der Waals surface area contributed by atoms with E-state index in [0.29, 0.717) is 10.9 Å². The highest BCUT2D eigenvalue weighted by Gasteiger charge is 2.26. The van der Waals surface area contributed by atoms with E-state index in [2.05, 4.69) is 53.9 Å². The molecule has 2 unspecified atom stereocenters. The van der Waals surface area contributed by atoms with Crippen LogP contribution in [0.1, 0.15) is 22.5 Å². The van der Waals surface area contributed by atoms with E-state index in [1.54, 1.807) is 11.3 Å². The SMILES string of the molecule is Brc1cc(C(Br)C2CCCO2)sc1Br. The summed E-state index contributed by atoms with van der Waals surface area (Å²) in [5, 5.41) is 0. The summed E-state index contributed by atoms with van der Waals surface area (Å²) in [7, 11) is 0. The fraction of sp³-hybridized carbons (Fsp3) is 0.556. The Labute approximate surface area is 113 Å². The molecule has 0 radical (unpaired) electrons. The predicted molar refractivity (Wildman–Crippen MR) is 70.4 cm³/mol. The molecule has 0 aliphatic carbocycles. The third-order valence-corrected chi connectivity index (χ3v) is 6.95. The summed E-state index contributed by atoms with van der Waals surface area (Å²) in [5.41, 5.74) is 0. The van der Waals surface area contributed by atoms with Gasteiger partial charge in [-0.05, 0) is 50.8 Å². The predicted octanol–water partition coefficient (Wildman–Crippen LogP) is 4.89. The maximum absolute atomic E-state index is 5.65. The van der Waals surface area contributed by atoms with E-state index in [1.165, 1.54) is 11.3 Å². The molecular formula is C9H9Br3OS. The molecule has 0 bridgehead atoms. The highest BCUT2D eigenvalue weighted by molar-refractivity contribution is 9.13. The zero-order chi connectivity index (χ0) is 10.1. The van der Waals surface area contributed by atoms with Gasteiger partial charge in [0.25, 0.3) is 0 Å². The first-order valence-corrected chi connectivity index (χ1v) is 7.70. The first kappa shape index (κ1) is 11.6. The topological polar surface area (TPSA) is 9.23 Å². The average Bonchev–Trinajstić information content (AvgIpc) is 2.76. The Morgan fingerprint density at radius 1 is 1.50 bits per heavy atom. The fourth-order valence-electron chi connectivity index (χ4n) is 1.52. The van der Waals surface area contributed by atoms with Gasteiger partial charge in [0.15, 0.2) is 0 Å². The normalized spacial score (nSPS) is 24.1. The monoisotopic (exact) mass is 402 g/mol. The molecule has 2 heterocycles. The lowest BCUT2D eigenvalue weighted by molar-refractivity contribution is 0.111. The summed E-state index contributed by atoms with van der Waals surface area (Å²) in [6.45, 7) is 0.903. The van der Waals surface area contributed by atoms with Gasteiger partial charge in [0.2, 0.25) is 0 Å². The quantitative estimate of drug-likeness (QED) is 0.638. The van der Waals surface area contributed by atoms with Crippen LogP contribution < -0.4 is 0 Å². The Kier molecular flexibility index (Phi) is 4.10. The van der Waals surface area contributed by atoms with Gasteiger partial charge in [-0.15, -0.1) is 11.3 Å². The molecule has 5 heteroatoms. The number of rotatable bonds is 2. The van der Waals surface area contributed by atoms with E-state index in [1.807, 2.05) is 0 Å². The minimum Gasteiger partial charge on any atom is -0.377 e. The number of thiophene rings is 1. The first-order chi connectivity index (χ1) is 6.68. The molecule has 0 saturated carbocycles. The molecule has 0 amide bonds. The lowest BCUT2D eigenvalue weighted by Gasteiger charge is -2.14. The second-order valence-electron chi connectivity index (χ2n) is 3.22. The van der Waals surface area contributed by atoms with Crippen LogP contribution in [0.5, 0.6) is 0 Å². The van der Waals surface area contributed by atoms with Crippen molar-refractivity contribution in [2.75, 3.05) is 6.61 Å². The summed E-state index contributed by atoms with van der Waals surface area (Å²) in [5.74, 6) is 0. The molecule has 1 aromatic heterocycles. The third kappa shape index (κ3) is 2.43. The van der Waals surface area contributed by atoms with Crippen molar-refractivity contribution in [2.24, 2.45) is 0 Å². The van der Waals surface area contributed by atoms with Crippen molar-refractivity contribution in [3.8, 4) is 0 Å². The molecule has 1 saturated heterocycles. The molecule has 2 atom stereocenters. The lowest BCUT2D eigenvalue weighted by atomic mass is 10.1. The Morgan fingerprint density at radius 3 is 2.79 bits per heavy atom. The zero-order valence-electron chi connectivity index (χ0n) is 7.30. The van der Waals surface area contributed by atoms with Crippen LogP contribution in [0.25, 0.3) is 0 Å². The highest BCUT2D eigenvalue weighted by Crippen LogP contribution is 2.42. The van der Waals surface area contributed by atoms with E-state index in [-0.39, 0.29) is 0 Å². The van der Waals surface area contributed by atoms with Crippen LogP contribution in [-0.4, -0.2) is 12.7 Å². The van der Waals surface area contributed by atoms with Gasteiger partial charge in [0.1, 0.15) is 0 Å². The second-order valence-corrected chi connectivity index (χ2v) is 7.47. The van der Waals surface area contributed by atoms with Gasteiger partial charge in [-0.2, -0.15) is 0 Å². The summed E-state index contributed by atoms with van der Waals surface area (Å²) >= 11 is 12.5. The van der Waals surface area contributed by atoms with E-state index in [4.69, 9.17) is 4.74 Å². The van der Waals surface area contributed by atoms with Crippen molar-refractivity contribution >= 4 is 59.1 Å². The number of halogens is 3. The van der Waals surface area contributed by atoms with Gasteiger partial charge in [0, 0.05) is 16.0 Å². The number of hydrogen-bond donors (Lipinski definition) is 0. The molecule has 1 aliphatic rings. The van der Waals surface area contributed by atoms with Gasteiger partial charge in [-0.1, -0.05) is 15.9 Å². The van der Waals surface area contributed by atoms with Gasteiger partial charge in [-0.25, -0.2) is 0 Å². The zero-order valence-corrected chi connectivity index (χ0v) is 12.9. The van der Waals surface area contributed by atoms with Gasteiger partial charge < -0.3 is 4.74 Å². The Bertz CT molecular complexity index is 300. The molecular weight excluding hydrogens is 396 g/mol. The van der Waals surface area contributed by atoms with Crippen LogP contribution in [-0.2, 0) is 4.74 Å². The van der Waals surface area contributed by atoms with Crippen LogP contribution in [0.3, 0.4) is 0 Å². The molecule has 1 nitrogen and oxygen atoms in total. The van der Waals surface area contributed by atoms with Crippen molar-refractivity contribution in [1.82, 2.24) is 0 Å². The smallest absolute Gasteiger partial charge is 0.0843 e. The van der Waals surface area contributed by atoms with Crippen LogP contribution in [0, 0.1) is 0 Å². The fourth-order valence-corrected chi connectivity index (χ4v) is 4.47. The van der Waals surface area contributed by atoms with Gasteiger partial charge >= 0.3 is 0 Å². The third-order valence-electron chi connectivity index (χ3n) is 2.23. The Balaban J connectivity index is 2.13. The van der Waals surface area contributed by atoms with Crippen molar-refractivity contribution in [3.05, 3.63) is 19.2 Å². The van der Waals surface area contributed by atoms with Crippen LogP contribution in [0.4, 0.5) is 0 Å². The maximum Gasteiger partial charge on any atom is 0.0843 e. The van der Waals surface area contributed by atoms with Crippen molar-refractivity contribution in [2.45, 2.75) is 23.8 Å². The molecule has 1 aromatic rings. The molecule has 0 aromatic carbocycles. The van der Waals surface area contributed by atoms with Gasteiger partial charge in [-0.3, -0.25) is 0 Å². The van der Waals surface area contributed by atoms with Crippen molar-refractivity contribution < 1.29 is 4.74 Å². The average molecular weight is 405 g/mol. The summed E-state index contributed by atoms with van der Waals surface area (Å²) < 4.78 is 7.92. The van der Waals surface area contributed by atoms with Crippen molar-refractivity contribution in [1.29, 1.82) is 0 Å². The molecule has 14 heavy (non-hydrogen) atoms. The first-order valence-electron chi connectivity index (χ1n) is 4.39. The largest absolute Gasteiger partial charge is 0.377 e. The Hall–Kier alpha value is 1.10. The summed E-state index contributed by atoms with van der Waals surface area (Å²) in [6, 6.07) is 2.15. The molecule has 0 spiro atoms. The summed E-state index contributed by atoms with van der Waals surface area (Å²) in [4.78, 5) is 1.65. The van der Waals surface area contributed by atoms with E-state index in [0.717, 1.165) is 21.3 Å². The minimum atomic E-state index is 0.331. The lowest BCUT2D eigenvalue weighted by Crippen LogP contribution is -2.10. The van der Waals surface area contributed by atoms with Crippen LogP contribution >= 0.6 is 59.1 Å². The number of alkyl halides is 1. The van der Waals surface area contributed by atoms with Gasteiger partial charge in [0.05, 0.1) is 14.7 Å². The molecule has 0 N–H and O–H groups in total. The molecule has 1 aliphatic heterocycles. The number of ether oxygens (including phenoxy) is 1. The Morgan fingerprint density at radius 2 is 2.29 bits per heavy atom. The highest BCUT2D eigenvalue weighted by atomic mass is 79.9. The maximum atomic E-state index is 5.65. The molecule has 2 rings (SSSR count). The van der Waals surface area contributed by atoms with E-state index >= 15 is 0 Å². The summed E-state index contributed by atoms with van der Waals surface area (Å²) in [6.07, 6.45) is 2.68. The standard InChI is InChI=1S/C9H9Br3OS/c10-5-4-7(14-9(5)12)8(11)6-2-1-3-13-6/h4,6,8H,1-3H2. The van der Waals surface area contributed by atoms with Crippen LogP contribution in [0.15, 0.2) is 14.3 Å². The van der Waals surface area contributed by atoms with Crippen molar-refractivity contribution in [3.63, 3.8) is 0 Å². The molecule has 1 fully saturated rings. The van der Waals surface area contributed by atoms with E-state index in [9.17, 15) is 0 Å². The second kappa shape index (κ2) is 4.95. The van der Waals surface area contributed by atoms with E-state index < -0.39 is 0 Å². The number of hydrogen-bond acceptors (Lipinski definition) is 2. The minimum absolute atomic E-state index is 0.331.